The van der Waals surface area contributed by atoms with Crippen LogP contribution in [0.2, 0.25) is 0 Å². The van der Waals surface area contributed by atoms with E-state index in [-0.39, 0.29) is 11.7 Å². The van der Waals surface area contributed by atoms with Gasteiger partial charge in [-0.25, -0.2) is 0 Å². The van der Waals surface area contributed by atoms with Crippen molar-refractivity contribution >= 4 is 0 Å². The molecule has 2 nitrogen and oxygen atoms in total. The average molecular weight is 447 g/mol. The van der Waals surface area contributed by atoms with Crippen molar-refractivity contribution in [3.8, 4) is 0 Å². The number of aliphatic hydroxyl groups is 2. The second kappa shape index (κ2) is 9.18. The zero-order chi connectivity index (χ0) is 23.3. The summed E-state index contributed by atoms with van der Waals surface area (Å²) in [7, 11) is 0. The summed E-state index contributed by atoms with van der Waals surface area (Å²) in [5.74, 6) is 5.39. The van der Waals surface area contributed by atoms with E-state index in [0.717, 1.165) is 61.2 Å². The Bertz CT molecular complexity index is 645. The van der Waals surface area contributed by atoms with Crippen molar-refractivity contribution in [2.24, 2.45) is 52.3 Å². The van der Waals surface area contributed by atoms with Gasteiger partial charge in [-0.15, -0.1) is 0 Å². The number of hydrogen-bond donors (Lipinski definition) is 2. The second-order valence-electron chi connectivity index (χ2n) is 13.9. The molecule has 0 aliphatic heterocycles. The van der Waals surface area contributed by atoms with Gasteiger partial charge in [0.05, 0.1) is 11.7 Å². The maximum atomic E-state index is 11.1. The van der Waals surface area contributed by atoms with Crippen LogP contribution < -0.4 is 0 Å². The van der Waals surface area contributed by atoms with Crippen molar-refractivity contribution in [3.63, 3.8) is 0 Å². The Morgan fingerprint density at radius 3 is 2.25 bits per heavy atom. The highest BCUT2D eigenvalue weighted by atomic mass is 16.3. The van der Waals surface area contributed by atoms with Crippen molar-refractivity contribution in [1.82, 2.24) is 0 Å². The zero-order valence-corrected chi connectivity index (χ0v) is 22.2. The van der Waals surface area contributed by atoms with Crippen LogP contribution >= 0.6 is 0 Å². The molecule has 4 rings (SSSR count). The molecule has 0 aromatic heterocycles. The smallest absolute Gasteiger partial charge is 0.0648 e. The summed E-state index contributed by atoms with van der Waals surface area (Å²) in [6.45, 7) is 14.3. The number of aliphatic hydroxyl groups excluding tert-OH is 1. The minimum atomic E-state index is -0.383. The number of rotatable bonds is 6. The van der Waals surface area contributed by atoms with Gasteiger partial charge in [-0.1, -0.05) is 48.0 Å². The Hall–Kier alpha value is -0.0800. The highest BCUT2D eigenvalue weighted by molar-refractivity contribution is 5.09. The SMILES string of the molecule is CCC1(O)CCC2(C)C(CCC3C2CCC2(C)C3CCCC2[C@H](C)CC[C@@H](O)C(C)C)C1. The van der Waals surface area contributed by atoms with Gasteiger partial charge in [-0.3, -0.25) is 0 Å². The third kappa shape index (κ3) is 4.23. The van der Waals surface area contributed by atoms with Gasteiger partial charge < -0.3 is 10.2 Å². The van der Waals surface area contributed by atoms with Crippen LogP contribution in [0.1, 0.15) is 125 Å². The van der Waals surface area contributed by atoms with E-state index in [9.17, 15) is 10.2 Å². The van der Waals surface area contributed by atoms with Crippen LogP contribution in [0.5, 0.6) is 0 Å². The Morgan fingerprint density at radius 2 is 1.56 bits per heavy atom. The van der Waals surface area contributed by atoms with Crippen LogP contribution in [0, 0.1) is 52.3 Å². The first-order valence-corrected chi connectivity index (χ1v) is 14.4. The Balaban J connectivity index is 1.49. The summed E-state index contributed by atoms with van der Waals surface area (Å²) in [6.07, 6.45) is 16.2. The zero-order valence-electron chi connectivity index (χ0n) is 22.2. The van der Waals surface area contributed by atoms with Crippen molar-refractivity contribution in [2.45, 2.75) is 137 Å². The lowest BCUT2D eigenvalue weighted by molar-refractivity contribution is -0.172. The van der Waals surface area contributed by atoms with Crippen molar-refractivity contribution in [3.05, 3.63) is 0 Å². The lowest BCUT2D eigenvalue weighted by Gasteiger charge is -2.65. The number of hydrogen-bond acceptors (Lipinski definition) is 2. The van der Waals surface area contributed by atoms with Gasteiger partial charge in [0, 0.05) is 0 Å². The molecule has 8 unspecified atom stereocenters. The summed E-state index contributed by atoms with van der Waals surface area (Å²) in [5, 5.41) is 21.5. The van der Waals surface area contributed by atoms with Crippen LogP contribution in [-0.2, 0) is 0 Å². The molecule has 2 N–H and O–H groups in total. The van der Waals surface area contributed by atoms with Gasteiger partial charge in [0.15, 0.2) is 0 Å². The Morgan fingerprint density at radius 1 is 0.844 bits per heavy atom. The fraction of sp³-hybridized carbons (Fsp3) is 1.00. The predicted molar refractivity (Wildman–Crippen MR) is 134 cm³/mol. The van der Waals surface area contributed by atoms with Gasteiger partial charge >= 0.3 is 0 Å². The van der Waals surface area contributed by atoms with E-state index in [2.05, 4.69) is 41.5 Å². The summed E-state index contributed by atoms with van der Waals surface area (Å²) in [4.78, 5) is 0. The molecule has 0 saturated heterocycles. The van der Waals surface area contributed by atoms with Crippen LogP contribution in [0.4, 0.5) is 0 Å². The highest BCUT2D eigenvalue weighted by Gasteiger charge is 2.60. The maximum absolute atomic E-state index is 11.1. The molecule has 4 saturated carbocycles. The average Bonchev–Trinajstić information content (AvgIpc) is 2.76. The second-order valence-corrected chi connectivity index (χ2v) is 13.9. The van der Waals surface area contributed by atoms with Gasteiger partial charge in [0.25, 0.3) is 0 Å². The standard InChI is InChI=1S/C30H54O2/c1-7-30(32)18-17-28(5)22(19-30)12-13-23-25-10-8-9-24(29(25,6)16-15-26(23)28)21(4)11-14-27(31)20(2)3/h20-27,31-32H,7-19H2,1-6H3/t21-,22?,23?,24?,25?,26?,27-,28?,29?,30?/m1/s1. The molecule has 10 atom stereocenters. The molecule has 0 bridgehead atoms. The van der Waals surface area contributed by atoms with E-state index in [0.29, 0.717) is 16.7 Å². The summed E-state index contributed by atoms with van der Waals surface area (Å²) >= 11 is 0. The molecule has 4 aliphatic carbocycles. The van der Waals surface area contributed by atoms with E-state index in [1.807, 2.05) is 0 Å². The molecule has 4 fully saturated rings. The molecule has 0 aromatic carbocycles. The molecule has 4 aliphatic rings. The van der Waals surface area contributed by atoms with Crippen LogP contribution in [-0.4, -0.2) is 21.9 Å². The molecule has 0 radical (unpaired) electrons. The highest BCUT2D eigenvalue weighted by Crippen LogP contribution is 2.68. The van der Waals surface area contributed by atoms with Crippen molar-refractivity contribution in [1.29, 1.82) is 0 Å². The summed E-state index contributed by atoms with van der Waals surface area (Å²) in [6, 6.07) is 0. The minimum Gasteiger partial charge on any atom is -0.393 e. The number of fused-ring (bicyclic) bond motifs is 5. The van der Waals surface area contributed by atoms with Gasteiger partial charge in [0.2, 0.25) is 0 Å². The quantitative estimate of drug-likeness (QED) is 0.441. The van der Waals surface area contributed by atoms with Gasteiger partial charge in [-0.05, 0) is 129 Å². The molecule has 0 heterocycles. The molecular weight excluding hydrogens is 392 g/mol. The summed E-state index contributed by atoms with van der Waals surface area (Å²) < 4.78 is 0. The van der Waals surface area contributed by atoms with Crippen LogP contribution in [0.3, 0.4) is 0 Å². The van der Waals surface area contributed by atoms with E-state index in [4.69, 9.17) is 0 Å². The molecule has 2 heteroatoms. The maximum Gasteiger partial charge on any atom is 0.0648 e. The largest absolute Gasteiger partial charge is 0.393 e. The third-order valence-corrected chi connectivity index (χ3v) is 12.2. The van der Waals surface area contributed by atoms with Gasteiger partial charge in [-0.2, -0.15) is 0 Å². The Labute approximate surface area is 199 Å². The minimum absolute atomic E-state index is 0.135. The Kier molecular flexibility index (Phi) is 7.18. The lowest BCUT2D eigenvalue weighted by Crippen LogP contribution is -2.58. The first-order valence-electron chi connectivity index (χ1n) is 14.4. The van der Waals surface area contributed by atoms with E-state index in [1.165, 1.54) is 57.8 Å². The van der Waals surface area contributed by atoms with E-state index in [1.54, 1.807) is 0 Å². The third-order valence-electron chi connectivity index (χ3n) is 12.2. The predicted octanol–water partition coefficient (Wildman–Crippen LogP) is 7.61. The van der Waals surface area contributed by atoms with Crippen molar-refractivity contribution < 1.29 is 10.2 Å². The monoisotopic (exact) mass is 446 g/mol. The molecular formula is C30H54O2. The molecule has 0 aromatic rings. The molecule has 186 valence electrons. The molecule has 32 heavy (non-hydrogen) atoms. The fourth-order valence-electron chi connectivity index (χ4n) is 9.79. The molecule has 0 spiro atoms. The lowest BCUT2D eigenvalue weighted by atomic mass is 9.40. The van der Waals surface area contributed by atoms with Gasteiger partial charge in [0.1, 0.15) is 0 Å². The van der Waals surface area contributed by atoms with Crippen LogP contribution in [0.25, 0.3) is 0 Å². The van der Waals surface area contributed by atoms with E-state index < -0.39 is 0 Å². The fourth-order valence-corrected chi connectivity index (χ4v) is 9.79. The van der Waals surface area contributed by atoms with E-state index >= 15 is 0 Å². The first kappa shape index (κ1) is 25.0. The normalized spacial score (nSPS) is 48.5. The van der Waals surface area contributed by atoms with Crippen molar-refractivity contribution in [2.75, 3.05) is 0 Å². The summed E-state index contributed by atoms with van der Waals surface area (Å²) in [5.41, 5.74) is 0.585. The topological polar surface area (TPSA) is 40.5 Å². The van der Waals surface area contributed by atoms with Crippen LogP contribution in [0.15, 0.2) is 0 Å². The first-order chi connectivity index (χ1) is 15.0. The molecule has 0 amide bonds.